The van der Waals surface area contributed by atoms with Crippen molar-refractivity contribution in [3.63, 3.8) is 0 Å². The number of aliphatic hydroxyl groups is 5. The molecule has 14 nitrogen and oxygen atoms in total. The lowest BCUT2D eigenvalue weighted by Gasteiger charge is -2.41. The fourth-order valence-electron chi connectivity index (χ4n) is 7.49. The SMILES string of the molecule is CCCCC/C=C\C/C=C\C/C=C\CC1OC1CCCC(=O)O[C@H](COC(=O)CCCCCCCCC/C=C\CCCCCCCC)COP(=O)(O)OC1[C@H](O)[C@H](O)C(O)[C@H](O)[C@H]1O. The number of aliphatic hydroxyl groups excluding tert-OH is 5. The van der Waals surface area contributed by atoms with Crippen LogP contribution >= 0.6 is 7.82 Å². The van der Waals surface area contributed by atoms with Crippen LogP contribution in [0.1, 0.15) is 181 Å². The van der Waals surface area contributed by atoms with Gasteiger partial charge in [0.1, 0.15) is 43.2 Å². The average molecular weight is 929 g/mol. The Hall–Kier alpha value is -2.23. The van der Waals surface area contributed by atoms with Gasteiger partial charge in [-0.1, -0.05) is 140 Å². The van der Waals surface area contributed by atoms with Gasteiger partial charge in [0, 0.05) is 12.8 Å². The van der Waals surface area contributed by atoms with Crippen LogP contribution in [0.25, 0.3) is 0 Å². The molecule has 2 rings (SSSR count). The lowest BCUT2D eigenvalue weighted by molar-refractivity contribution is -0.220. The summed E-state index contributed by atoms with van der Waals surface area (Å²) < 4.78 is 39.4. The Kier molecular flexibility index (Phi) is 32.5. The quantitative estimate of drug-likeness (QED) is 0.0111. The maximum atomic E-state index is 12.9. The number of phosphoric ester groups is 1. The molecule has 2 aliphatic rings. The van der Waals surface area contributed by atoms with Crippen LogP contribution in [0.5, 0.6) is 0 Å². The molecule has 0 aromatic carbocycles. The zero-order valence-corrected chi connectivity index (χ0v) is 39.9. The zero-order valence-electron chi connectivity index (χ0n) is 39.0. The van der Waals surface area contributed by atoms with Crippen LogP contribution in [0.4, 0.5) is 0 Å². The number of phosphoric acid groups is 1. The van der Waals surface area contributed by atoms with Crippen LogP contribution in [0.3, 0.4) is 0 Å². The van der Waals surface area contributed by atoms with Crippen LogP contribution in [0.2, 0.25) is 0 Å². The first-order chi connectivity index (χ1) is 30.9. The van der Waals surface area contributed by atoms with Gasteiger partial charge in [0.2, 0.25) is 0 Å². The topological polar surface area (TPSA) is 222 Å². The Morgan fingerprint density at radius 1 is 0.562 bits per heavy atom. The molecule has 1 aliphatic heterocycles. The van der Waals surface area contributed by atoms with E-state index in [0.717, 1.165) is 57.8 Å². The van der Waals surface area contributed by atoms with Gasteiger partial charge in [-0.2, -0.15) is 0 Å². The Balaban J connectivity index is 1.72. The van der Waals surface area contributed by atoms with Crippen molar-refractivity contribution in [2.24, 2.45) is 0 Å². The molecule has 0 spiro atoms. The van der Waals surface area contributed by atoms with E-state index < -0.39 is 75.7 Å². The number of allylic oxidation sites excluding steroid dienone is 7. The highest BCUT2D eigenvalue weighted by Crippen LogP contribution is 2.47. The molecule has 1 heterocycles. The number of epoxide rings is 1. The second-order valence-electron chi connectivity index (χ2n) is 17.3. The van der Waals surface area contributed by atoms with E-state index in [2.05, 4.69) is 62.5 Å². The van der Waals surface area contributed by atoms with Crippen molar-refractivity contribution < 1.29 is 67.8 Å². The smallest absolute Gasteiger partial charge is 0.462 e. The van der Waals surface area contributed by atoms with Crippen LogP contribution in [-0.4, -0.2) is 111 Å². The largest absolute Gasteiger partial charge is 0.472 e. The van der Waals surface area contributed by atoms with Crippen LogP contribution < -0.4 is 0 Å². The van der Waals surface area contributed by atoms with Gasteiger partial charge in [-0.15, -0.1) is 0 Å². The first-order valence-electron chi connectivity index (χ1n) is 24.6. The van der Waals surface area contributed by atoms with Gasteiger partial charge in [0.05, 0.1) is 18.8 Å². The van der Waals surface area contributed by atoms with Crippen molar-refractivity contribution in [3.8, 4) is 0 Å². The standard InChI is InChI=1S/C49H85O14P/c1-3-5-7-9-11-13-15-17-18-19-20-21-23-25-27-29-31-35-42(50)59-37-39(38-60-64(57,58)63-49-47(55)45(53)44(52)46(54)48(49)56)61-43(51)36-32-34-41-40(62-41)33-30-28-26-24-22-16-14-12-10-8-6-4-2/h12,14,17-18,22,24,28,30,39-41,44-49,52-56H,3-11,13,15-16,19-21,23,25-27,29,31-38H2,1-2H3,(H,57,58)/b14-12-,18-17-,24-22-,30-28-/t39-,40?,41?,44?,45-,46+,47-,48-,49?/m1/s1. The highest BCUT2D eigenvalue weighted by Gasteiger charge is 2.51. The van der Waals surface area contributed by atoms with Crippen molar-refractivity contribution >= 4 is 19.8 Å². The molecule has 0 radical (unpaired) electrons. The Morgan fingerprint density at radius 3 is 1.64 bits per heavy atom. The zero-order chi connectivity index (χ0) is 46.8. The number of unbranched alkanes of at least 4 members (excludes halogenated alkanes) is 16. The molecule has 0 aromatic rings. The van der Waals surface area contributed by atoms with Gasteiger partial charge in [0.25, 0.3) is 0 Å². The molecule has 15 heteroatoms. The van der Waals surface area contributed by atoms with Gasteiger partial charge in [-0.25, -0.2) is 4.57 Å². The van der Waals surface area contributed by atoms with E-state index in [4.69, 9.17) is 23.3 Å². The second-order valence-corrected chi connectivity index (χ2v) is 18.8. The first-order valence-corrected chi connectivity index (χ1v) is 26.1. The van der Waals surface area contributed by atoms with Crippen LogP contribution in [0, 0.1) is 0 Å². The molecule has 0 bridgehead atoms. The predicted octanol–water partition coefficient (Wildman–Crippen LogP) is 8.94. The fourth-order valence-corrected chi connectivity index (χ4v) is 8.46. The van der Waals surface area contributed by atoms with Crippen molar-refractivity contribution in [2.45, 2.75) is 236 Å². The molecule has 1 saturated heterocycles. The third-order valence-electron chi connectivity index (χ3n) is 11.6. The molecule has 5 unspecified atom stereocenters. The minimum Gasteiger partial charge on any atom is -0.462 e. The summed E-state index contributed by atoms with van der Waals surface area (Å²) in [7, 11) is -5.15. The molecule has 0 aromatic heterocycles. The highest BCUT2D eigenvalue weighted by atomic mass is 31.2. The summed E-state index contributed by atoms with van der Waals surface area (Å²) in [5.74, 6) is -1.18. The number of hydrogen-bond donors (Lipinski definition) is 6. The van der Waals surface area contributed by atoms with Gasteiger partial charge in [-0.05, 0) is 77.0 Å². The van der Waals surface area contributed by atoms with Crippen molar-refractivity contribution in [2.75, 3.05) is 13.2 Å². The molecule has 1 saturated carbocycles. The van der Waals surface area contributed by atoms with E-state index in [9.17, 15) is 44.6 Å². The van der Waals surface area contributed by atoms with Gasteiger partial charge >= 0.3 is 19.8 Å². The molecular formula is C49H85O14P. The van der Waals surface area contributed by atoms with E-state index >= 15 is 0 Å². The monoisotopic (exact) mass is 929 g/mol. The summed E-state index contributed by atoms with van der Waals surface area (Å²) in [6, 6.07) is 0. The van der Waals surface area contributed by atoms with Gasteiger partial charge in [-0.3, -0.25) is 18.6 Å². The van der Waals surface area contributed by atoms with Gasteiger partial charge in [0.15, 0.2) is 6.10 Å². The summed E-state index contributed by atoms with van der Waals surface area (Å²) in [5.41, 5.74) is 0. The van der Waals surface area contributed by atoms with Crippen LogP contribution in [0.15, 0.2) is 48.6 Å². The highest BCUT2D eigenvalue weighted by molar-refractivity contribution is 7.47. The first kappa shape index (κ1) is 57.9. The summed E-state index contributed by atoms with van der Waals surface area (Å²) in [6.07, 6.45) is 30.3. The minimum atomic E-state index is -5.15. The lowest BCUT2D eigenvalue weighted by atomic mass is 9.85. The Morgan fingerprint density at radius 2 is 1.03 bits per heavy atom. The summed E-state index contributed by atoms with van der Waals surface area (Å²) in [6.45, 7) is 3.21. The molecule has 10 atom stereocenters. The molecular weight excluding hydrogens is 843 g/mol. The van der Waals surface area contributed by atoms with E-state index in [1.54, 1.807) is 0 Å². The third kappa shape index (κ3) is 27.4. The van der Waals surface area contributed by atoms with Gasteiger partial charge < -0.3 is 44.6 Å². The molecule has 6 N–H and O–H groups in total. The van der Waals surface area contributed by atoms with E-state index in [1.165, 1.54) is 77.0 Å². The molecule has 1 aliphatic carbocycles. The number of esters is 2. The number of carbonyl (C=O) groups is 2. The third-order valence-corrected chi connectivity index (χ3v) is 12.6. The molecule has 64 heavy (non-hydrogen) atoms. The maximum absolute atomic E-state index is 12.9. The normalized spacial score (nSPS) is 25.1. The predicted molar refractivity (Wildman–Crippen MR) is 248 cm³/mol. The number of ether oxygens (including phenoxy) is 3. The fraction of sp³-hybridized carbons (Fsp3) is 0.796. The van der Waals surface area contributed by atoms with Crippen LogP contribution in [-0.2, 0) is 37.4 Å². The molecule has 0 amide bonds. The lowest BCUT2D eigenvalue weighted by Crippen LogP contribution is -2.64. The van der Waals surface area contributed by atoms with Crippen molar-refractivity contribution in [1.29, 1.82) is 0 Å². The van der Waals surface area contributed by atoms with Crippen molar-refractivity contribution in [3.05, 3.63) is 48.6 Å². The van der Waals surface area contributed by atoms with E-state index in [-0.39, 0.29) is 25.0 Å². The maximum Gasteiger partial charge on any atom is 0.472 e. The Bertz CT molecular complexity index is 1370. The number of hydrogen-bond acceptors (Lipinski definition) is 13. The summed E-state index contributed by atoms with van der Waals surface area (Å²) in [4.78, 5) is 35.9. The minimum absolute atomic E-state index is 0.00646. The Labute approximate surface area is 384 Å². The summed E-state index contributed by atoms with van der Waals surface area (Å²) in [5, 5.41) is 50.3. The van der Waals surface area contributed by atoms with Crippen molar-refractivity contribution in [1.82, 2.24) is 0 Å². The van der Waals surface area contributed by atoms with E-state index in [1.807, 2.05) is 0 Å². The second kappa shape index (κ2) is 35.9. The number of rotatable bonds is 39. The molecule has 370 valence electrons. The average Bonchev–Trinajstić information content (AvgIpc) is 4.03. The molecule has 2 fully saturated rings. The van der Waals surface area contributed by atoms with E-state index in [0.29, 0.717) is 19.3 Å². The number of carbonyl (C=O) groups excluding carboxylic acids is 2. The summed E-state index contributed by atoms with van der Waals surface area (Å²) >= 11 is 0.